The van der Waals surface area contributed by atoms with E-state index in [0.717, 1.165) is 37.1 Å². The average molecular weight is 340 g/mol. The first-order valence-electron chi connectivity index (χ1n) is 9.11. The van der Waals surface area contributed by atoms with E-state index in [1.54, 1.807) is 0 Å². The van der Waals surface area contributed by atoms with Gasteiger partial charge in [0, 0.05) is 31.5 Å². The lowest BCUT2D eigenvalue weighted by Gasteiger charge is -2.27. The maximum atomic E-state index is 8.99. The van der Waals surface area contributed by atoms with E-state index in [1.165, 1.54) is 35.3 Å². The predicted octanol–water partition coefficient (Wildman–Crippen LogP) is 3.10. The molecule has 0 amide bonds. The summed E-state index contributed by atoms with van der Waals surface area (Å²) >= 11 is 0. The number of fused-ring (bicyclic) bond motifs is 2. The predicted molar refractivity (Wildman–Crippen MR) is 103 cm³/mol. The molecule has 134 valence electrons. The first-order chi connectivity index (χ1) is 12.2. The molecule has 0 unspecified atom stereocenters. The van der Waals surface area contributed by atoms with Crippen LogP contribution in [0.5, 0.6) is 0 Å². The number of anilines is 2. The van der Waals surface area contributed by atoms with Crippen LogP contribution in [0.25, 0.3) is 0 Å². The molecule has 2 aliphatic rings. The molecule has 2 aromatic rings. The summed E-state index contributed by atoms with van der Waals surface area (Å²) in [6, 6.07) is 12.3. The molecule has 0 atom stereocenters. The van der Waals surface area contributed by atoms with Gasteiger partial charge in [-0.25, -0.2) is 0 Å². The second-order valence-corrected chi connectivity index (χ2v) is 6.83. The quantitative estimate of drug-likeness (QED) is 0.786. The van der Waals surface area contributed by atoms with Gasteiger partial charge in [0.15, 0.2) is 0 Å². The number of nitrogens with zero attached hydrogens (tertiary/aromatic N) is 1. The van der Waals surface area contributed by atoms with Crippen LogP contribution in [0.4, 0.5) is 11.4 Å². The van der Waals surface area contributed by atoms with E-state index in [4.69, 9.17) is 10.2 Å². The zero-order chi connectivity index (χ0) is 17.6. The molecule has 0 spiro atoms. The van der Waals surface area contributed by atoms with Gasteiger partial charge >= 0.3 is 0 Å². The normalized spacial score (nSPS) is 15.4. The highest BCUT2D eigenvalue weighted by Crippen LogP contribution is 2.26. The van der Waals surface area contributed by atoms with E-state index < -0.39 is 0 Å². The van der Waals surface area contributed by atoms with E-state index in [0.29, 0.717) is 0 Å². The molecular formula is C21H28N2O2. The van der Waals surface area contributed by atoms with Crippen LogP contribution in [0.2, 0.25) is 0 Å². The SMILES string of the molecule is CN1CCCc2cc(CO)ccc21.OCc1ccc2c(c1)CCCN2. The minimum Gasteiger partial charge on any atom is -0.392 e. The third-order valence-corrected chi connectivity index (χ3v) is 4.97. The third kappa shape index (κ3) is 4.33. The van der Waals surface area contributed by atoms with Crippen LogP contribution in [0, 0.1) is 0 Å². The Labute approximate surface area is 150 Å². The number of nitrogens with one attached hydrogen (secondary N) is 1. The van der Waals surface area contributed by atoms with E-state index in [1.807, 2.05) is 12.1 Å². The number of rotatable bonds is 2. The van der Waals surface area contributed by atoms with Crippen LogP contribution < -0.4 is 10.2 Å². The van der Waals surface area contributed by atoms with Crippen molar-refractivity contribution in [1.82, 2.24) is 0 Å². The molecule has 4 nitrogen and oxygen atoms in total. The molecule has 2 heterocycles. The molecule has 4 rings (SSSR count). The van der Waals surface area contributed by atoms with Gasteiger partial charge in [0.25, 0.3) is 0 Å². The zero-order valence-corrected chi connectivity index (χ0v) is 15.0. The van der Waals surface area contributed by atoms with Gasteiger partial charge in [0.05, 0.1) is 13.2 Å². The standard InChI is InChI=1S/C11H15NO.C10H13NO/c1-12-6-2-3-10-7-9(8-13)4-5-11(10)12;12-7-8-3-4-10-9(6-8)2-1-5-11-10/h4-5,7,13H,2-3,6,8H2,1H3;3-4,6,11-12H,1-2,5,7H2. The number of aliphatic hydroxyl groups is 2. The molecule has 0 aliphatic carbocycles. The van der Waals surface area contributed by atoms with Gasteiger partial charge in [-0.3, -0.25) is 0 Å². The summed E-state index contributed by atoms with van der Waals surface area (Å²) in [5.74, 6) is 0. The van der Waals surface area contributed by atoms with Gasteiger partial charge in [0.1, 0.15) is 0 Å². The van der Waals surface area contributed by atoms with E-state index in [9.17, 15) is 0 Å². The summed E-state index contributed by atoms with van der Waals surface area (Å²) < 4.78 is 0. The summed E-state index contributed by atoms with van der Waals surface area (Å²) in [5, 5.41) is 21.2. The maximum absolute atomic E-state index is 8.99. The molecule has 0 saturated carbocycles. The Balaban J connectivity index is 0.000000146. The smallest absolute Gasteiger partial charge is 0.0681 e. The Morgan fingerprint density at radius 3 is 2.36 bits per heavy atom. The number of hydrogen-bond donors (Lipinski definition) is 3. The number of hydrogen-bond acceptors (Lipinski definition) is 4. The van der Waals surface area contributed by atoms with E-state index in [2.05, 4.69) is 41.5 Å². The Morgan fingerprint density at radius 2 is 1.60 bits per heavy atom. The van der Waals surface area contributed by atoms with Crippen molar-refractivity contribution in [2.24, 2.45) is 0 Å². The van der Waals surface area contributed by atoms with Crippen molar-refractivity contribution < 1.29 is 10.2 Å². The van der Waals surface area contributed by atoms with Crippen LogP contribution >= 0.6 is 0 Å². The Morgan fingerprint density at radius 1 is 0.920 bits per heavy atom. The topological polar surface area (TPSA) is 55.7 Å². The summed E-state index contributed by atoms with van der Waals surface area (Å²) in [5.41, 5.74) is 7.31. The number of benzene rings is 2. The fourth-order valence-electron chi connectivity index (χ4n) is 3.56. The van der Waals surface area contributed by atoms with Crippen LogP contribution in [-0.4, -0.2) is 30.4 Å². The third-order valence-electron chi connectivity index (χ3n) is 4.97. The number of aryl methyl sites for hydroxylation is 2. The Kier molecular flexibility index (Phi) is 5.95. The van der Waals surface area contributed by atoms with Gasteiger partial charge in [-0.05, 0) is 60.1 Å². The summed E-state index contributed by atoms with van der Waals surface area (Å²) in [7, 11) is 2.12. The monoisotopic (exact) mass is 340 g/mol. The van der Waals surface area contributed by atoms with E-state index in [-0.39, 0.29) is 13.2 Å². The average Bonchev–Trinajstić information content (AvgIpc) is 2.68. The van der Waals surface area contributed by atoms with Crippen LogP contribution in [0.15, 0.2) is 36.4 Å². The molecule has 25 heavy (non-hydrogen) atoms. The molecule has 0 fully saturated rings. The molecule has 3 N–H and O–H groups in total. The molecule has 2 aromatic carbocycles. The van der Waals surface area contributed by atoms with Crippen molar-refractivity contribution in [2.75, 3.05) is 30.4 Å². The van der Waals surface area contributed by atoms with Crippen molar-refractivity contribution >= 4 is 11.4 Å². The van der Waals surface area contributed by atoms with Crippen molar-refractivity contribution in [3.05, 3.63) is 58.7 Å². The van der Waals surface area contributed by atoms with Gasteiger partial charge in [-0.15, -0.1) is 0 Å². The lowest BCUT2D eigenvalue weighted by molar-refractivity contribution is 0.281. The lowest BCUT2D eigenvalue weighted by atomic mass is 10.00. The highest BCUT2D eigenvalue weighted by Gasteiger charge is 2.13. The van der Waals surface area contributed by atoms with Crippen molar-refractivity contribution in [3.63, 3.8) is 0 Å². The largest absolute Gasteiger partial charge is 0.392 e. The first-order valence-corrected chi connectivity index (χ1v) is 9.11. The molecule has 0 bridgehead atoms. The van der Waals surface area contributed by atoms with Gasteiger partial charge < -0.3 is 20.4 Å². The number of aliphatic hydroxyl groups excluding tert-OH is 2. The minimum absolute atomic E-state index is 0.146. The van der Waals surface area contributed by atoms with Crippen LogP contribution in [-0.2, 0) is 26.1 Å². The molecule has 4 heteroatoms. The van der Waals surface area contributed by atoms with Crippen molar-refractivity contribution in [3.8, 4) is 0 Å². The summed E-state index contributed by atoms with van der Waals surface area (Å²) in [4.78, 5) is 2.28. The zero-order valence-electron chi connectivity index (χ0n) is 15.0. The molecule has 2 aliphatic heterocycles. The molecule has 0 aromatic heterocycles. The second-order valence-electron chi connectivity index (χ2n) is 6.83. The first kappa shape index (κ1) is 17.8. The molecule has 0 saturated heterocycles. The Bertz CT molecular complexity index is 715. The summed E-state index contributed by atoms with van der Waals surface area (Å²) in [6.45, 7) is 2.52. The van der Waals surface area contributed by atoms with Gasteiger partial charge in [0.2, 0.25) is 0 Å². The highest BCUT2D eigenvalue weighted by atomic mass is 16.3. The lowest BCUT2D eigenvalue weighted by Crippen LogP contribution is -2.24. The summed E-state index contributed by atoms with van der Waals surface area (Å²) in [6.07, 6.45) is 4.70. The van der Waals surface area contributed by atoms with Gasteiger partial charge in [-0.2, -0.15) is 0 Å². The van der Waals surface area contributed by atoms with Gasteiger partial charge in [-0.1, -0.05) is 24.3 Å². The van der Waals surface area contributed by atoms with Crippen LogP contribution in [0.3, 0.4) is 0 Å². The highest BCUT2D eigenvalue weighted by molar-refractivity contribution is 5.56. The minimum atomic E-state index is 0.146. The maximum Gasteiger partial charge on any atom is 0.0681 e. The van der Waals surface area contributed by atoms with Crippen molar-refractivity contribution in [2.45, 2.75) is 38.9 Å². The van der Waals surface area contributed by atoms with Crippen molar-refractivity contribution in [1.29, 1.82) is 0 Å². The van der Waals surface area contributed by atoms with E-state index >= 15 is 0 Å². The Hall–Kier alpha value is -2.04. The fourth-order valence-corrected chi connectivity index (χ4v) is 3.56. The second kappa shape index (κ2) is 8.37. The molecule has 0 radical (unpaired) electrons. The van der Waals surface area contributed by atoms with Crippen LogP contribution in [0.1, 0.15) is 35.1 Å². The fraction of sp³-hybridized carbons (Fsp3) is 0.429. The molecular weight excluding hydrogens is 312 g/mol.